The summed E-state index contributed by atoms with van der Waals surface area (Å²) in [6.45, 7) is 0.961. The van der Waals surface area contributed by atoms with Crippen molar-refractivity contribution in [3.8, 4) is 23.3 Å². The summed E-state index contributed by atoms with van der Waals surface area (Å²) >= 11 is 5.98. The molecule has 2 heterocycles. The van der Waals surface area contributed by atoms with E-state index in [9.17, 15) is 19.5 Å². The van der Waals surface area contributed by atoms with Crippen LogP contribution >= 0.6 is 11.6 Å². The van der Waals surface area contributed by atoms with Crippen molar-refractivity contribution in [3.63, 3.8) is 0 Å². The van der Waals surface area contributed by atoms with E-state index in [-0.39, 0.29) is 23.2 Å². The highest BCUT2D eigenvalue weighted by Crippen LogP contribution is 2.22. The molecular weight excluding hydrogens is 414 g/mol. The van der Waals surface area contributed by atoms with Crippen molar-refractivity contribution < 1.29 is 29.3 Å². The third-order valence-corrected chi connectivity index (χ3v) is 4.23. The van der Waals surface area contributed by atoms with Gasteiger partial charge in [-0.15, -0.1) is 0 Å². The minimum absolute atomic E-state index is 0.0108. The van der Waals surface area contributed by atoms with Crippen LogP contribution in [0.15, 0.2) is 30.3 Å². The number of nitrogens with one attached hydrogen (secondary N) is 1. The fraction of sp³-hybridized carbons (Fsp3) is 0.200. The molecule has 3 rings (SSSR count). The topological polar surface area (TPSA) is 129 Å². The van der Waals surface area contributed by atoms with Gasteiger partial charge in [-0.3, -0.25) is 14.4 Å². The highest BCUT2D eigenvalue weighted by molar-refractivity contribution is 6.30. The maximum atomic E-state index is 11.9. The van der Waals surface area contributed by atoms with Crippen LogP contribution in [0.2, 0.25) is 5.15 Å². The molecule has 0 bridgehead atoms. The van der Waals surface area contributed by atoms with Crippen LogP contribution in [0.4, 0.5) is 0 Å². The highest BCUT2D eigenvalue weighted by atomic mass is 35.5. The lowest BCUT2D eigenvalue weighted by Crippen LogP contribution is -2.30. The highest BCUT2D eigenvalue weighted by Gasteiger charge is 2.24. The van der Waals surface area contributed by atoms with Gasteiger partial charge >= 0.3 is 5.97 Å². The smallest absolute Gasteiger partial charge is 0.322 e. The first-order chi connectivity index (χ1) is 14.3. The van der Waals surface area contributed by atoms with E-state index in [1.165, 1.54) is 0 Å². The van der Waals surface area contributed by atoms with Crippen LogP contribution < -0.4 is 10.1 Å². The second-order valence-corrected chi connectivity index (χ2v) is 6.54. The van der Waals surface area contributed by atoms with Crippen molar-refractivity contribution >= 4 is 29.4 Å². The number of carboxylic acids is 1. The molecule has 30 heavy (non-hydrogen) atoms. The Kier molecular flexibility index (Phi) is 6.39. The fourth-order valence-corrected chi connectivity index (χ4v) is 2.54. The van der Waals surface area contributed by atoms with Crippen LogP contribution in [0.1, 0.15) is 26.4 Å². The molecule has 1 aliphatic heterocycles. The van der Waals surface area contributed by atoms with E-state index in [0.29, 0.717) is 11.3 Å². The molecule has 1 fully saturated rings. The van der Waals surface area contributed by atoms with Gasteiger partial charge in [0.1, 0.15) is 29.8 Å². The average molecular weight is 430 g/mol. The number of halogens is 1. The van der Waals surface area contributed by atoms with E-state index >= 15 is 0 Å². The molecule has 2 amide bonds. The Labute approximate surface area is 176 Å². The summed E-state index contributed by atoms with van der Waals surface area (Å²) in [7, 11) is 0. The number of aromatic nitrogens is 1. The lowest BCUT2D eigenvalue weighted by Gasteiger charge is -2.06. The first kappa shape index (κ1) is 21.0. The number of ether oxygens (including phenoxy) is 1. The second kappa shape index (κ2) is 9.15. The van der Waals surface area contributed by atoms with E-state index in [2.05, 4.69) is 22.1 Å². The van der Waals surface area contributed by atoms with Crippen LogP contribution in [0.25, 0.3) is 0 Å². The molecule has 0 spiro atoms. The molecule has 10 heteroatoms. The average Bonchev–Trinajstić information content (AvgIpc) is 3.56. The number of nitrogens with zero attached hydrogens (tertiary/aromatic N) is 2. The van der Waals surface area contributed by atoms with Gasteiger partial charge < -0.3 is 25.2 Å². The summed E-state index contributed by atoms with van der Waals surface area (Å²) in [4.78, 5) is 39.7. The lowest BCUT2D eigenvalue weighted by molar-refractivity contribution is -0.135. The zero-order valence-electron chi connectivity index (χ0n) is 15.5. The van der Waals surface area contributed by atoms with Gasteiger partial charge in [-0.05, 0) is 24.3 Å². The van der Waals surface area contributed by atoms with Gasteiger partial charge in [0.15, 0.2) is 5.69 Å². The van der Waals surface area contributed by atoms with Gasteiger partial charge in [-0.1, -0.05) is 23.4 Å². The van der Waals surface area contributed by atoms with Crippen LogP contribution in [0.3, 0.4) is 0 Å². The zero-order valence-corrected chi connectivity index (χ0v) is 16.3. The summed E-state index contributed by atoms with van der Waals surface area (Å²) < 4.78 is 5.48. The Morgan fingerprint density at radius 2 is 1.93 bits per heavy atom. The Morgan fingerprint density at radius 3 is 2.57 bits per heavy atom. The number of hydrogen-bond donors (Lipinski definition) is 3. The third-order valence-electron chi connectivity index (χ3n) is 3.94. The molecule has 9 nitrogen and oxygen atoms in total. The van der Waals surface area contributed by atoms with Gasteiger partial charge in [-0.25, -0.2) is 4.98 Å². The second-order valence-electron chi connectivity index (χ2n) is 6.18. The first-order valence-electron chi connectivity index (χ1n) is 8.75. The molecule has 0 saturated carbocycles. The lowest BCUT2D eigenvalue weighted by atomic mass is 10.2. The molecular formula is C20H16ClN3O6. The molecule has 1 saturated heterocycles. The van der Waals surface area contributed by atoms with Crippen molar-refractivity contribution in [1.82, 2.24) is 15.2 Å². The number of aliphatic carboxylic acids is 1. The minimum Gasteiger partial charge on any atom is -0.505 e. The number of carbonyl (C=O) groups excluding carboxylic acids is 2. The van der Waals surface area contributed by atoms with Crippen LogP contribution in [0.5, 0.6) is 11.5 Å². The van der Waals surface area contributed by atoms with E-state index in [1.807, 2.05) is 0 Å². The fourth-order valence-electron chi connectivity index (χ4n) is 2.35. The number of amides is 2. The largest absolute Gasteiger partial charge is 0.505 e. The van der Waals surface area contributed by atoms with Crippen LogP contribution in [-0.4, -0.2) is 64.1 Å². The minimum atomic E-state index is -1.24. The number of carboxylic acid groups (broad SMARTS) is 1. The Balaban J connectivity index is 1.59. The number of rotatable bonds is 6. The molecule has 0 atom stereocenters. The molecule has 0 radical (unpaired) electrons. The maximum absolute atomic E-state index is 11.9. The van der Waals surface area contributed by atoms with Crippen molar-refractivity contribution in [2.75, 3.05) is 26.2 Å². The summed E-state index contributed by atoms with van der Waals surface area (Å²) in [6, 6.07) is 7.85. The summed E-state index contributed by atoms with van der Waals surface area (Å²) in [5.41, 5.74) is 0.360. The van der Waals surface area contributed by atoms with Crippen LogP contribution in [-0.2, 0) is 4.79 Å². The van der Waals surface area contributed by atoms with E-state index in [4.69, 9.17) is 21.4 Å². The Bertz CT molecular complexity index is 1050. The van der Waals surface area contributed by atoms with E-state index < -0.39 is 29.9 Å². The van der Waals surface area contributed by atoms with Gasteiger partial charge in [-0.2, -0.15) is 0 Å². The number of hydrogen-bond acceptors (Lipinski definition) is 6. The van der Waals surface area contributed by atoms with Crippen molar-refractivity contribution in [2.45, 2.75) is 0 Å². The van der Waals surface area contributed by atoms with E-state index in [0.717, 1.165) is 19.2 Å². The van der Waals surface area contributed by atoms with E-state index in [1.54, 1.807) is 29.2 Å². The maximum Gasteiger partial charge on any atom is 0.322 e. The van der Waals surface area contributed by atoms with Gasteiger partial charge in [0.2, 0.25) is 0 Å². The zero-order chi connectivity index (χ0) is 21.7. The third kappa shape index (κ3) is 5.40. The normalized spacial score (nSPS) is 11.8. The van der Waals surface area contributed by atoms with Crippen molar-refractivity contribution in [1.29, 1.82) is 0 Å². The molecule has 1 aliphatic rings. The molecule has 2 aromatic rings. The first-order valence-corrected chi connectivity index (χ1v) is 9.13. The quantitative estimate of drug-likeness (QED) is 0.357. The Hall–Kier alpha value is -3.77. The molecule has 154 valence electrons. The number of benzene rings is 1. The predicted molar refractivity (Wildman–Crippen MR) is 106 cm³/mol. The standard InChI is InChI=1S/C20H16ClN3O6/c21-18-13(10-15(25)17(23-18)19(28)22-11-16(26)27)2-1-9-30-14-5-3-12(4-6-14)20(29)24-7-8-24/h3-6,10,25H,7-9,11H2,(H,22,28)(H,26,27). The van der Waals surface area contributed by atoms with Crippen LogP contribution in [0, 0.1) is 11.8 Å². The molecule has 0 unspecified atom stereocenters. The summed E-state index contributed by atoms with van der Waals surface area (Å²) in [5.74, 6) is 3.31. The molecule has 1 aromatic heterocycles. The number of pyridine rings is 1. The Morgan fingerprint density at radius 1 is 1.23 bits per heavy atom. The van der Waals surface area contributed by atoms with Gasteiger partial charge in [0.25, 0.3) is 11.8 Å². The molecule has 0 aliphatic carbocycles. The molecule has 1 aromatic carbocycles. The van der Waals surface area contributed by atoms with Crippen molar-refractivity contribution in [2.24, 2.45) is 0 Å². The summed E-state index contributed by atoms with van der Waals surface area (Å²) in [5, 5.41) is 20.5. The monoisotopic (exact) mass is 429 g/mol. The number of carbonyl (C=O) groups is 3. The summed E-state index contributed by atoms with van der Waals surface area (Å²) in [6.07, 6.45) is 0. The number of aromatic hydroxyl groups is 1. The SMILES string of the molecule is O=C(O)CNC(=O)c1nc(Cl)c(C#CCOc2ccc(C(=O)N3CC3)cc2)cc1O. The van der Waals surface area contributed by atoms with Gasteiger partial charge in [0, 0.05) is 24.7 Å². The van der Waals surface area contributed by atoms with Crippen molar-refractivity contribution in [3.05, 3.63) is 52.3 Å². The predicted octanol–water partition coefficient (Wildman–Crippen LogP) is 1.14. The van der Waals surface area contributed by atoms with Gasteiger partial charge in [0.05, 0.1) is 5.56 Å². The molecule has 3 N–H and O–H groups in total.